The number of nitrogens with zero attached hydrogens (tertiary/aromatic N) is 2. The Morgan fingerprint density at radius 3 is 2.15 bits per heavy atom. The van der Waals surface area contributed by atoms with E-state index in [9.17, 15) is 4.79 Å². The van der Waals surface area contributed by atoms with Crippen molar-refractivity contribution < 1.29 is 9.53 Å². The highest BCUT2D eigenvalue weighted by atomic mass is 16.5. The molecular weight excluding hydrogens is 408 g/mol. The van der Waals surface area contributed by atoms with Crippen molar-refractivity contribution in [2.75, 3.05) is 0 Å². The van der Waals surface area contributed by atoms with E-state index in [1.165, 1.54) is 43.2 Å². The van der Waals surface area contributed by atoms with Gasteiger partial charge >= 0.3 is 5.97 Å². The molecule has 0 N–H and O–H groups in total. The molecule has 0 fully saturated rings. The van der Waals surface area contributed by atoms with E-state index in [-0.39, 0.29) is 5.97 Å². The van der Waals surface area contributed by atoms with E-state index in [4.69, 9.17) is 4.74 Å². The Bertz CT molecular complexity index is 980. The number of unbranched alkanes of at least 4 members (excludes halogenated alkanes) is 4. The lowest BCUT2D eigenvalue weighted by atomic mass is 9.99. The van der Waals surface area contributed by atoms with Gasteiger partial charge in [-0.3, -0.25) is 0 Å². The highest BCUT2D eigenvalue weighted by Gasteiger charge is 2.10. The van der Waals surface area contributed by atoms with Crippen LogP contribution in [0.25, 0.3) is 11.4 Å². The van der Waals surface area contributed by atoms with Crippen LogP contribution in [0.2, 0.25) is 0 Å². The molecule has 174 valence electrons. The van der Waals surface area contributed by atoms with Crippen LogP contribution in [-0.4, -0.2) is 15.9 Å². The van der Waals surface area contributed by atoms with Gasteiger partial charge in [-0.25, -0.2) is 14.8 Å². The molecule has 33 heavy (non-hydrogen) atoms. The van der Waals surface area contributed by atoms with Gasteiger partial charge in [0.05, 0.1) is 5.56 Å². The fourth-order valence-electron chi connectivity index (χ4n) is 3.73. The first kappa shape index (κ1) is 24.6. The van der Waals surface area contributed by atoms with Crippen molar-refractivity contribution in [1.82, 2.24) is 9.97 Å². The molecule has 1 aromatic heterocycles. The first-order valence-electron chi connectivity index (χ1n) is 12.3. The van der Waals surface area contributed by atoms with Crippen LogP contribution in [0.3, 0.4) is 0 Å². The van der Waals surface area contributed by atoms with E-state index < -0.39 is 0 Å². The number of aryl methyl sites for hydroxylation is 1. The minimum Gasteiger partial charge on any atom is -0.423 e. The smallest absolute Gasteiger partial charge is 0.343 e. The molecule has 1 atom stereocenters. The summed E-state index contributed by atoms with van der Waals surface area (Å²) in [4.78, 5) is 21.6. The SMILES string of the molecule is CCCCCCCc1cnc(-c2ccc(C(=O)Oc3ccc(CC(C)CC)cc3)cc2)nc1. The van der Waals surface area contributed by atoms with Crippen LogP contribution in [-0.2, 0) is 12.8 Å². The van der Waals surface area contributed by atoms with Gasteiger partial charge in [-0.05, 0) is 60.6 Å². The van der Waals surface area contributed by atoms with Crippen LogP contribution in [0, 0.1) is 5.92 Å². The Morgan fingerprint density at radius 2 is 1.52 bits per heavy atom. The zero-order valence-electron chi connectivity index (χ0n) is 20.2. The second-order valence-corrected chi connectivity index (χ2v) is 8.91. The maximum absolute atomic E-state index is 12.5. The Kier molecular flexibility index (Phi) is 9.61. The summed E-state index contributed by atoms with van der Waals surface area (Å²) in [7, 11) is 0. The predicted molar refractivity (Wildman–Crippen MR) is 134 cm³/mol. The topological polar surface area (TPSA) is 52.1 Å². The van der Waals surface area contributed by atoms with Crippen molar-refractivity contribution in [3.05, 3.63) is 77.6 Å². The third-order valence-electron chi connectivity index (χ3n) is 6.07. The standard InChI is InChI=1S/C29H36N2O2/c1-4-6-7-8-9-10-24-20-30-28(31-21-24)25-13-15-26(16-14-25)29(32)33-27-17-11-23(12-18-27)19-22(3)5-2/h11-18,20-22H,4-10,19H2,1-3H3. The molecule has 4 nitrogen and oxygen atoms in total. The second-order valence-electron chi connectivity index (χ2n) is 8.91. The molecule has 4 heteroatoms. The van der Waals surface area contributed by atoms with Crippen LogP contribution < -0.4 is 4.74 Å². The molecule has 0 aliphatic heterocycles. The van der Waals surface area contributed by atoms with Crippen LogP contribution in [0.1, 0.15) is 80.8 Å². The van der Waals surface area contributed by atoms with Gasteiger partial charge in [0.25, 0.3) is 0 Å². The van der Waals surface area contributed by atoms with Crippen molar-refractivity contribution in [3.8, 4) is 17.1 Å². The molecule has 1 heterocycles. The molecule has 0 spiro atoms. The van der Waals surface area contributed by atoms with Gasteiger partial charge < -0.3 is 4.74 Å². The van der Waals surface area contributed by atoms with Crippen molar-refractivity contribution in [2.24, 2.45) is 5.92 Å². The zero-order chi connectivity index (χ0) is 23.5. The van der Waals surface area contributed by atoms with Crippen LogP contribution in [0.4, 0.5) is 0 Å². The number of hydrogen-bond donors (Lipinski definition) is 0. The molecule has 0 aliphatic carbocycles. The third-order valence-corrected chi connectivity index (χ3v) is 6.07. The first-order chi connectivity index (χ1) is 16.1. The number of ether oxygens (including phenoxy) is 1. The fourth-order valence-corrected chi connectivity index (χ4v) is 3.73. The second kappa shape index (κ2) is 12.9. The lowest BCUT2D eigenvalue weighted by Crippen LogP contribution is -2.08. The maximum atomic E-state index is 12.5. The average Bonchev–Trinajstić information content (AvgIpc) is 2.85. The fraction of sp³-hybridized carbons (Fsp3) is 0.414. The highest BCUT2D eigenvalue weighted by Crippen LogP contribution is 2.20. The molecule has 3 aromatic rings. The van der Waals surface area contributed by atoms with E-state index in [1.54, 1.807) is 12.1 Å². The summed E-state index contributed by atoms with van der Waals surface area (Å²) in [5, 5.41) is 0. The van der Waals surface area contributed by atoms with E-state index in [0.717, 1.165) is 24.8 Å². The van der Waals surface area contributed by atoms with Crippen molar-refractivity contribution in [1.29, 1.82) is 0 Å². The van der Waals surface area contributed by atoms with Gasteiger partial charge in [0.1, 0.15) is 5.75 Å². The number of carbonyl (C=O) groups excluding carboxylic acids is 1. The Labute approximate surface area is 198 Å². The summed E-state index contributed by atoms with van der Waals surface area (Å²) in [6, 6.07) is 15.1. The van der Waals surface area contributed by atoms with Crippen molar-refractivity contribution in [3.63, 3.8) is 0 Å². The van der Waals surface area contributed by atoms with Gasteiger partial charge in [0, 0.05) is 18.0 Å². The molecule has 1 unspecified atom stereocenters. The van der Waals surface area contributed by atoms with Crippen molar-refractivity contribution in [2.45, 2.75) is 72.1 Å². The molecule has 0 aliphatic rings. The Morgan fingerprint density at radius 1 is 0.848 bits per heavy atom. The van der Waals surface area contributed by atoms with Crippen LogP contribution in [0.5, 0.6) is 5.75 Å². The number of esters is 1. The molecule has 0 saturated carbocycles. The molecule has 3 rings (SSSR count). The van der Waals surface area contributed by atoms with E-state index in [0.29, 0.717) is 23.1 Å². The molecule has 2 aromatic carbocycles. The monoisotopic (exact) mass is 444 g/mol. The summed E-state index contributed by atoms with van der Waals surface area (Å²) in [5.74, 6) is 1.51. The van der Waals surface area contributed by atoms with Crippen LogP contribution in [0.15, 0.2) is 60.9 Å². The Balaban J connectivity index is 1.53. The lowest BCUT2D eigenvalue weighted by molar-refractivity contribution is 0.0734. The molecule has 0 amide bonds. The predicted octanol–water partition coefficient (Wildman–Crippen LogP) is 7.46. The normalized spacial score (nSPS) is 11.8. The number of benzene rings is 2. The van der Waals surface area contributed by atoms with Gasteiger partial charge in [-0.1, -0.05) is 77.1 Å². The minimum atomic E-state index is -0.365. The molecular formula is C29H36N2O2. The summed E-state index contributed by atoms with van der Waals surface area (Å²) < 4.78 is 5.54. The van der Waals surface area contributed by atoms with Crippen molar-refractivity contribution >= 4 is 5.97 Å². The molecule has 0 saturated heterocycles. The Hall–Kier alpha value is -3.01. The van der Waals surface area contributed by atoms with Gasteiger partial charge in [-0.2, -0.15) is 0 Å². The number of hydrogen-bond acceptors (Lipinski definition) is 4. The summed E-state index contributed by atoms with van der Waals surface area (Å²) in [5.41, 5.74) is 3.82. The van der Waals surface area contributed by atoms with E-state index in [1.807, 2.05) is 48.8 Å². The van der Waals surface area contributed by atoms with E-state index >= 15 is 0 Å². The van der Waals surface area contributed by atoms with Crippen LogP contribution >= 0.6 is 0 Å². The number of aromatic nitrogens is 2. The van der Waals surface area contributed by atoms with Gasteiger partial charge in [-0.15, -0.1) is 0 Å². The van der Waals surface area contributed by atoms with Gasteiger partial charge in [0.2, 0.25) is 0 Å². The molecule has 0 radical (unpaired) electrons. The summed E-state index contributed by atoms with van der Waals surface area (Å²) in [6.07, 6.45) is 13.3. The summed E-state index contributed by atoms with van der Waals surface area (Å²) in [6.45, 7) is 6.67. The van der Waals surface area contributed by atoms with Gasteiger partial charge in [0.15, 0.2) is 5.82 Å². The largest absolute Gasteiger partial charge is 0.423 e. The quantitative estimate of drug-likeness (QED) is 0.165. The highest BCUT2D eigenvalue weighted by molar-refractivity contribution is 5.91. The maximum Gasteiger partial charge on any atom is 0.343 e. The summed E-state index contributed by atoms with van der Waals surface area (Å²) >= 11 is 0. The lowest BCUT2D eigenvalue weighted by Gasteiger charge is -2.09. The number of carbonyl (C=O) groups is 1. The third kappa shape index (κ3) is 7.81. The number of rotatable bonds is 12. The van der Waals surface area contributed by atoms with E-state index in [2.05, 4.69) is 30.7 Å². The molecule has 0 bridgehead atoms. The zero-order valence-corrected chi connectivity index (χ0v) is 20.2. The minimum absolute atomic E-state index is 0.365. The average molecular weight is 445 g/mol. The first-order valence-corrected chi connectivity index (χ1v) is 12.3.